The third kappa shape index (κ3) is 20.0. The quantitative estimate of drug-likeness (QED) is 0.0558. The number of hydrogen-bond donors (Lipinski definition) is 0. The van der Waals surface area contributed by atoms with E-state index in [9.17, 15) is 4.79 Å². The van der Waals surface area contributed by atoms with E-state index in [4.69, 9.17) is 4.74 Å². The molecule has 0 heterocycles. The predicted octanol–water partition coefficient (Wildman–Crippen LogP) is 12.5. The fourth-order valence-corrected chi connectivity index (χ4v) is 6.27. The minimum Gasteiger partial charge on any atom is -0.494 e. The summed E-state index contributed by atoms with van der Waals surface area (Å²) in [6, 6.07) is 17.4. The van der Waals surface area contributed by atoms with E-state index in [1.807, 2.05) is 60.7 Å². The monoisotopic (exact) mass is 592 g/mol. The average Bonchev–Trinajstić information content (AvgIpc) is 3.02. The van der Waals surface area contributed by atoms with Crippen molar-refractivity contribution in [3.8, 4) is 5.75 Å². The van der Waals surface area contributed by atoms with Crippen LogP contribution >= 0.6 is 11.8 Å². The van der Waals surface area contributed by atoms with E-state index in [0.717, 1.165) is 24.3 Å². The van der Waals surface area contributed by atoms with Crippen LogP contribution in [-0.4, -0.2) is 23.9 Å². The van der Waals surface area contributed by atoms with Gasteiger partial charge in [-0.2, -0.15) is 11.8 Å². The molecule has 0 fully saturated rings. The molecule has 0 saturated heterocycles. The maximum Gasteiger partial charge on any atom is 0.185 e. The lowest BCUT2D eigenvalue weighted by atomic mass is 10.0. The van der Waals surface area contributed by atoms with Crippen molar-refractivity contribution in [1.29, 1.82) is 0 Å². The highest BCUT2D eigenvalue weighted by Gasteiger charge is 2.03. The molecule has 0 spiro atoms. The van der Waals surface area contributed by atoms with Crippen LogP contribution in [0.25, 0.3) is 6.08 Å². The van der Waals surface area contributed by atoms with E-state index in [1.165, 1.54) is 134 Å². The maximum atomic E-state index is 12.4. The molecule has 3 heteroatoms. The van der Waals surface area contributed by atoms with Crippen LogP contribution in [0.5, 0.6) is 5.75 Å². The number of thioether (sulfide) groups is 1. The van der Waals surface area contributed by atoms with Crippen LogP contribution in [0.3, 0.4) is 0 Å². The second-order valence-electron chi connectivity index (χ2n) is 11.8. The van der Waals surface area contributed by atoms with Crippen LogP contribution in [0, 0.1) is 0 Å². The summed E-state index contributed by atoms with van der Waals surface area (Å²) in [7, 11) is 0. The minimum absolute atomic E-state index is 0.0113. The molecule has 0 aliphatic heterocycles. The number of benzene rings is 2. The zero-order valence-corrected chi connectivity index (χ0v) is 27.7. The molecule has 2 nitrogen and oxygen atoms in total. The first-order valence-corrected chi connectivity index (χ1v) is 18.5. The van der Waals surface area contributed by atoms with Gasteiger partial charge in [-0.3, -0.25) is 4.79 Å². The molecule has 0 radical (unpaired) electrons. The molecule has 0 N–H and O–H groups in total. The lowest BCUT2D eigenvalue weighted by Crippen LogP contribution is -1.99. The topological polar surface area (TPSA) is 26.3 Å². The van der Waals surface area contributed by atoms with Gasteiger partial charge in [0.25, 0.3) is 0 Å². The Morgan fingerprint density at radius 3 is 1.60 bits per heavy atom. The summed E-state index contributed by atoms with van der Waals surface area (Å²) in [6.07, 6.45) is 31.6. The molecule has 0 aliphatic rings. The molecule has 0 unspecified atom stereocenters. The largest absolute Gasteiger partial charge is 0.494 e. The van der Waals surface area contributed by atoms with Gasteiger partial charge in [0.1, 0.15) is 5.75 Å². The number of carbonyl (C=O) groups excluding carboxylic acids is 1. The molecule has 42 heavy (non-hydrogen) atoms. The summed E-state index contributed by atoms with van der Waals surface area (Å²) < 4.78 is 5.88. The molecular formula is C39H60O2S. The van der Waals surface area contributed by atoms with Crippen molar-refractivity contribution >= 4 is 23.6 Å². The van der Waals surface area contributed by atoms with Crippen molar-refractivity contribution in [2.75, 3.05) is 18.1 Å². The van der Waals surface area contributed by atoms with Crippen LogP contribution in [0.15, 0.2) is 60.7 Å². The van der Waals surface area contributed by atoms with Gasteiger partial charge in [0, 0.05) is 5.56 Å². The zero-order chi connectivity index (χ0) is 29.8. The Morgan fingerprint density at radius 1 is 0.595 bits per heavy atom. The second kappa shape index (κ2) is 26.6. The van der Waals surface area contributed by atoms with Gasteiger partial charge < -0.3 is 4.74 Å². The van der Waals surface area contributed by atoms with Gasteiger partial charge in [-0.15, -0.1) is 0 Å². The summed E-state index contributed by atoms with van der Waals surface area (Å²) >= 11 is 2.10. The van der Waals surface area contributed by atoms with Crippen LogP contribution in [-0.2, 0) is 0 Å². The Labute approximate surface area is 263 Å². The summed E-state index contributed by atoms with van der Waals surface area (Å²) in [5.41, 5.74) is 1.71. The van der Waals surface area contributed by atoms with E-state index >= 15 is 0 Å². The third-order valence-electron chi connectivity index (χ3n) is 7.96. The van der Waals surface area contributed by atoms with E-state index < -0.39 is 0 Å². The Hall–Kier alpha value is -2.00. The van der Waals surface area contributed by atoms with Crippen LogP contribution in [0.2, 0.25) is 0 Å². The first-order chi connectivity index (χ1) is 20.8. The molecule has 0 amide bonds. The summed E-state index contributed by atoms with van der Waals surface area (Å²) in [6.45, 7) is 3.03. The standard InChI is InChI=1S/C39H60O2S/c1-2-3-4-5-6-7-8-9-10-11-12-13-14-15-16-17-18-23-34-42-35-24-22-33-41-38-30-28-37(29-31-38)39(40)32-27-36-25-20-19-21-26-36/h19-21,25-32H,2-18,22-24,33-35H2,1H3. The Bertz CT molecular complexity index is 906. The van der Waals surface area contributed by atoms with Crippen molar-refractivity contribution in [2.24, 2.45) is 0 Å². The number of allylic oxidation sites excluding steroid dienone is 1. The second-order valence-corrected chi connectivity index (χ2v) is 13.0. The van der Waals surface area contributed by atoms with Crippen LogP contribution < -0.4 is 4.74 Å². The fourth-order valence-electron chi connectivity index (χ4n) is 5.25. The molecule has 0 bridgehead atoms. The van der Waals surface area contributed by atoms with E-state index in [1.54, 1.807) is 6.08 Å². The molecule has 2 aromatic rings. The Morgan fingerprint density at radius 2 is 1.07 bits per heavy atom. The Kier molecular flexibility index (Phi) is 22.9. The number of ether oxygens (including phenoxy) is 1. The fraction of sp³-hybridized carbons (Fsp3) is 0.615. The molecule has 2 rings (SSSR count). The lowest BCUT2D eigenvalue weighted by Gasteiger charge is -2.07. The van der Waals surface area contributed by atoms with Gasteiger partial charge >= 0.3 is 0 Å². The van der Waals surface area contributed by atoms with Gasteiger partial charge in [0.15, 0.2) is 5.78 Å². The predicted molar refractivity (Wildman–Crippen MR) is 187 cm³/mol. The number of carbonyl (C=O) groups is 1. The lowest BCUT2D eigenvalue weighted by molar-refractivity contribution is 0.104. The summed E-state index contributed by atoms with van der Waals surface area (Å²) in [4.78, 5) is 12.4. The maximum absolute atomic E-state index is 12.4. The van der Waals surface area contributed by atoms with Crippen LogP contribution in [0.1, 0.15) is 151 Å². The molecule has 234 valence electrons. The molecule has 0 saturated carbocycles. The van der Waals surface area contributed by atoms with Gasteiger partial charge in [-0.1, -0.05) is 152 Å². The SMILES string of the molecule is CCCCCCCCCCCCCCCCCCCCSCCCCOc1ccc(C(=O)C=Cc2ccccc2)cc1. The smallest absolute Gasteiger partial charge is 0.185 e. The average molecular weight is 593 g/mol. The van der Waals surface area contributed by atoms with Gasteiger partial charge in [0.05, 0.1) is 6.61 Å². The number of ketones is 1. The van der Waals surface area contributed by atoms with E-state index in [2.05, 4.69) is 18.7 Å². The van der Waals surface area contributed by atoms with Gasteiger partial charge in [-0.05, 0) is 66.7 Å². The molecule has 2 aromatic carbocycles. The third-order valence-corrected chi connectivity index (χ3v) is 9.11. The van der Waals surface area contributed by atoms with Crippen molar-refractivity contribution in [1.82, 2.24) is 0 Å². The van der Waals surface area contributed by atoms with E-state index in [0.29, 0.717) is 5.56 Å². The highest BCUT2D eigenvalue weighted by molar-refractivity contribution is 7.99. The molecule has 0 atom stereocenters. The highest BCUT2D eigenvalue weighted by Crippen LogP contribution is 2.17. The van der Waals surface area contributed by atoms with Crippen molar-refractivity contribution < 1.29 is 9.53 Å². The highest BCUT2D eigenvalue weighted by atomic mass is 32.2. The number of rotatable bonds is 28. The van der Waals surface area contributed by atoms with Gasteiger partial charge in [0.2, 0.25) is 0 Å². The number of unbranched alkanes of at least 4 members (excludes halogenated alkanes) is 18. The molecule has 0 aromatic heterocycles. The Balaban J connectivity index is 1.30. The summed E-state index contributed by atoms with van der Waals surface area (Å²) in [5.74, 6) is 3.37. The normalized spacial score (nSPS) is 11.4. The van der Waals surface area contributed by atoms with E-state index in [-0.39, 0.29) is 5.78 Å². The van der Waals surface area contributed by atoms with Crippen molar-refractivity contribution in [3.05, 3.63) is 71.8 Å². The zero-order valence-electron chi connectivity index (χ0n) is 26.8. The van der Waals surface area contributed by atoms with Crippen molar-refractivity contribution in [3.63, 3.8) is 0 Å². The van der Waals surface area contributed by atoms with Crippen molar-refractivity contribution in [2.45, 2.75) is 135 Å². The summed E-state index contributed by atoms with van der Waals surface area (Å²) in [5, 5.41) is 0. The molecular weight excluding hydrogens is 532 g/mol. The number of hydrogen-bond acceptors (Lipinski definition) is 3. The first kappa shape index (κ1) is 36.2. The molecule has 0 aliphatic carbocycles. The van der Waals surface area contributed by atoms with Gasteiger partial charge in [-0.25, -0.2) is 0 Å². The first-order valence-electron chi connectivity index (χ1n) is 17.4. The van der Waals surface area contributed by atoms with Crippen LogP contribution in [0.4, 0.5) is 0 Å². The minimum atomic E-state index is 0.0113.